The van der Waals surface area contributed by atoms with Crippen LogP contribution < -0.4 is 0 Å². The van der Waals surface area contributed by atoms with E-state index < -0.39 is 5.97 Å². The van der Waals surface area contributed by atoms with Gasteiger partial charge in [-0.25, -0.2) is 0 Å². The Morgan fingerprint density at radius 2 is 1.96 bits per heavy atom. The predicted molar refractivity (Wildman–Crippen MR) is 91.1 cm³/mol. The SMILES string of the molecule is O=C(O)CCCCC(=O)OCC/C=C\C/C=C\C1CC=CCC1. The van der Waals surface area contributed by atoms with Crippen LogP contribution in [0.3, 0.4) is 0 Å². The highest BCUT2D eigenvalue weighted by molar-refractivity contribution is 5.69. The highest BCUT2D eigenvalue weighted by Crippen LogP contribution is 2.19. The summed E-state index contributed by atoms with van der Waals surface area (Å²) in [6, 6.07) is 0. The number of rotatable bonds is 11. The summed E-state index contributed by atoms with van der Waals surface area (Å²) in [6.07, 6.45) is 19.9. The lowest BCUT2D eigenvalue weighted by molar-refractivity contribution is -0.144. The molecule has 1 aliphatic carbocycles. The summed E-state index contributed by atoms with van der Waals surface area (Å²) in [5.74, 6) is -0.373. The number of carboxylic acid groups (broad SMARTS) is 1. The van der Waals surface area contributed by atoms with Gasteiger partial charge in [0.15, 0.2) is 0 Å². The first kappa shape index (κ1) is 19.2. The molecule has 4 nitrogen and oxygen atoms in total. The maximum absolute atomic E-state index is 11.4. The second-order valence-corrected chi connectivity index (χ2v) is 5.79. The largest absolute Gasteiger partial charge is 0.481 e. The molecule has 1 N–H and O–H groups in total. The minimum Gasteiger partial charge on any atom is -0.481 e. The molecule has 0 amide bonds. The number of hydrogen-bond acceptors (Lipinski definition) is 3. The first-order valence-electron chi connectivity index (χ1n) is 8.52. The van der Waals surface area contributed by atoms with E-state index in [1.807, 2.05) is 6.08 Å². The van der Waals surface area contributed by atoms with Gasteiger partial charge in [0.2, 0.25) is 0 Å². The second kappa shape index (κ2) is 12.7. The van der Waals surface area contributed by atoms with Crippen LogP contribution in [0.1, 0.15) is 57.8 Å². The third-order valence-corrected chi connectivity index (χ3v) is 3.73. The Hall–Kier alpha value is -1.84. The minimum atomic E-state index is -0.822. The molecule has 0 bridgehead atoms. The molecule has 0 heterocycles. The topological polar surface area (TPSA) is 63.6 Å². The van der Waals surface area contributed by atoms with Gasteiger partial charge in [-0.2, -0.15) is 0 Å². The second-order valence-electron chi connectivity index (χ2n) is 5.79. The summed E-state index contributed by atoms with van der Waals surface area (Å²) < 4.78 is 5.09. The summed E-state index contributed by atoms with van der Waals surface area (Å²) in [7, 11) is 0. The summed E-state index contributed by atoms with van der Waals surface area (Å²) in [6.45, 7) is 0.394. The van der Waals surface area contributed by atoms with Gasteiger partial charge in [0.1, 0.15) is 0 Å². The lowest BCUT2D eigenvalue weighted by atomic mass is 9.94. The first-order valence-corrected chi connectivity index (χ1v) is 8.52. The van der Waals surface area contributed by atoms with Crippen molar-refractivity contribution in [1.82, 2.24) is 0 Å². The lowest BCUT2D eigenvalue weighted by Crippen LogP contribution is -2.05. The molecule has 23 heavy (non-hydrogen) atoms. The monoisotopic (exact) mass is 320 g/mol. The van der Waals surface area contributed by atoms with Gasteiger partial charge < -0.3 is 9.84 Å². The zero-order valence-corrected chi connectivity index (χ0v) is 13.8. The van der Waals surface area contributed by atoms with Crippen LogP contribution in [-0.4, -0.2) is 23.7 Å². The molecule has 0 aromatic heterocycles. The lowest BCUT2D eigenvalue weighted by Gasteiger charge is -2.12. The average molecular weight is 320 g/mol. The van der Waals surface area contributed by atoms with Crippen LogP contribution in [0.25, 0.3) is 0 Å². The molecular weight excluding hydrogens is 292 g/mol. The molecule has 1 atom stereocenters. The first-order chi connectivity index (χ1) is 11.2. The molecule has 0 saturated heterocycles. The molecule has 1 rings (SSSR count). The van der Waals surface area contributed by atoms with Crippen LogP contribution in [0.2, 0.25) is 0 Å². The summed E-state index contributed by atoms with van der Waals surface area (Å²) in [4.78, 5) is 21.7. The van der Waals surface area contributed by atoms with E-state index in [9.17, 15) is 9.59 Å². The van der Waals surface area contributed by atoms with Crippen molar-refractivity contribution in [3.05, 3.63) is 36.5 Å². The number of esters is 1. The van der Waals surface area contributed by atoms with Crippen LogP contribution in [0.15, 0.2) is 36.5 Å². The molecule has 0 spiro atoms. The third-order valence-electron chi connectivity index (χ3n) is 3.73. The van der Waals surface area contributed by atoms with Crippen LogP contribution in [-0.2, 0) is 14.3 Å². The fourth-order valence-corrected chi connectivity index (χ4v) is 2.41. The average Bonchev–Trinajstić information content (AvgIpc) is 2.55. The molecule has 0 aliphatic heterocycles. The molecule has 0 saturated carbocycles. The molecule has 128 valence electrons. The third kappa shape index (κ3) is 11.4. The van der Waals surface area contributed by atoms with Crippen LogP contribution in [0, 0.1) is 5.92 Å². The molecular formula is C19H28O4. The summed E-state index contributed by atoms with van der Waals surface area (Å²) >= 11 is 0. The van der Waals surface area contributed by atoms with Gasteiger partial charge >= 0.3 is 11.9 Å². The van der Waals surface area contributed by atoms with Crippen molar-refractivity contribution in [2.24, 2.45) is 5.92 Å². The van der Waals surface area contributed by atoms with Gasteiger partial charge in [-0.15, -0.1) is 0 Å². The quantitative estimate of drug-likeness (QED) is 0.348. The maximum Gasteiger partial charge on any atom is 0.305 e. The molecule has 0 aromatic rings. The standard InChI is InChI=1S/C19H28O4/c20-18(21)14-8-9-15-19(22)23-16-10-3-1-2-5-11-17-12-6-4-7-13-17/h1,3-6,11,17H,2,7-10,12-16H2,(H,20,21)/b3-1-,11-5-. The predicted octanol–water partition coefficient (Wildman–Crippen LogP) is 4.42. The van der Waals surface area contributed by atoms with Gasteiger partial charge in [-0.1, -0.05) is 36.5 Å². The molecule has 1 unspecified atom stereocenters. The van der Waals surface area contributed by atoms with Crippen molar-refractivity contribution in [1.29, 1.82) is 0 Å². The van der Waals surface area contributed by atoms with Crippen molar-refractivity contribution in [3.8, 4) is 0 Å². The van der Waals surface area contributed by atoms with E-state index in [4.69, 9.17) is 9.84 Å². The molecule has 1 aliphatic rings. The maximum atomic E-state index is 11.4. The van der Waals surface area contributed by atoms with Crippen molar-refractivity contribution in [2.75, 3.05) is 6.61 Å². The Bertz CT molecular complexity index is 435. The number of carbonyl (C=O) groups excluding carboxylic acids is 1. The highest BCUT2D eigenvalue weighted by Gasteiger charge is 2.04. The number of unbranched alkanes of at least 4 members (excludes halogenated alkanes) is 1. The number of allylic oxidation sites excluding steroid dienone is 5. The Morgan fingerprint density at radius 1 is 1.13 bits per heavy atom. The van der Waals surface area contributed by atoms with E-state index >= 15 is 0 Å². The molecule has 0 aromatic carbocycles. The fourth-order valence-electron chi connectivity index (χ4n) is 2.41. The highest BCUT2D eigenvalue weighted by atomic mass is 16.5. The van der Waals surface area contributed by atoms with Crippen LogP contribution in [0.4, 0.5) is 0 Å². The zero-order valence-electron chi connectivity index (χ0n) is 13.8. The Morgan fingerprint density at radius 3 is 2.70 bits per heavy atom. The number of hydrogen-bond donors (Lipinski definition) is 1. The normalized spacial score (nSPS) is 17.8. The molecule has 0 radical (unpaired) electrons. The van der Waals surface area contributed by atoms with Crippen molar-refractivity contribution in [3.63, 3.8) is 0 Å². The van der Waals surface area contributed by atoms with Crippen molar-refractivity contribution < 1.29 is 19.4 Å². The van der Waals surface area contributed by atoms with Gasteiger partial charge in [0, 0.05) is 12.8 Å². The minimum absolute atomic E-state index is 0.112. The van der Waals surface area contributed by atoms with Crippen LogP contribution in [0.5, 0.6) is 0 Å². The molecule has 4 heteroatoms. The van der Waals surface area contributed by atoms with Crippen molar-refractivity contribution >= 4 is 11.9 Å². The summed E-state index contributed by atoms with van der Waals surface area (Å²) in [5, 5.41) is 8.48. The van der Waals surface area contributed by atoms with Crippen molar-refractivity contribution in [2.45, 2.75) is 57.8 Å². The number of aliphatic carboxylic acids is 1. The van der Waals surface area contributed by atoms with E-state index in [1.54, 1.807) is 0 Å². The van der Waals surface area contributed by atoms with Crippen LogP contribution >= 0.6 is 0 Å². The van der Waals surface area contributed by atoms with E-state index in [0.29, 0.717) is 31.8 Å². The van der Waals surface area contributed by atoms with E-state index in [1.165, 1.54) is 12.8 Å². The van der Waals surface area contributed by atoms with E-state index in [-0.39, 0.29) is 12.4 Å². The van der Waals surface area contributed by atoms with Gasteiger partial charge in [0.05, 0.1) is 6.61 Å². The number of ether oxygens (including phenoxy) is 1. The smallest absolute Gasteiger partial charge is 0.305 e. The van der Waals surface area contributed by atoms with Gasteiger partial charge in [-0.05, 0) is 50.9 Å². The fraction of sp³-hybridized carbons (Fsp3) is 0.579. The summed E-state index contributed by atoms with van der Waals surface area (Å²) in [5.41, 5.74) is 0. The number of carbonyl (C=O) groups is 2. The number of carboxylic acids is 1. The van der Waals surface area contributed by atoms with E-state index in [0.717, 1.165) is 19.3 Å². The van der Waals surface area contributed by atoms with E-state index in [2.05, 4.69) is 30.4 Å². The Kier molecular flexibility index (Phi) is 10.6. The Labute approximate surface area is 138 Å². The molecule has 0 fully saturated rings. The van der Waals surface area contributed by atoms with Gasteiger partial charge in [0.25, 0.3) is 0 Å². The van der Waals surface area contributed by atoms with Gasteiger partial charge in [-0.3, -0.25) is 9.59 Å². The zero-order chi connectivity index (χ0) is 16.8. The Balaban J connectivity index is 1.95.